The number of hydrogen-bond acceptors (Lipinski definition) is 2. The number of carbonyl (C=O) groups excluding carboxylic acids is 1. The summed E-state index contributed by atoms with van der Waals surface area (Å²) in [6.45, 7) is 4.62. The lowest BCUT2D eigenvalue weighted by Gasteiger charge is -2.61. The molecule has 0 amide bonds. The maximum absolute atomic E-state index is 12.4. The van der Waals surface area contributed by atoms with E-state index in [0.29, 0.717) is 29.0 Å². The number of Topliss-reactive ketones (excluding diaryl/α,β-unsaturated/α-hetero) is 1. The Morgan fingerprint density at radius 2 is 1.90 bits per heavy atom. The van der Waals surface area contributed by atoms with Gasteiger partial charge in [-0.3, -0.25) is 4.79 Å². The predicted molar refractivity (Wildman–Crippen MR) is 82.7 cm³/mol. The number of ketones is 1. The molecule has 0 bridgehead atoms. The van der Waals surface area contributed by atoms with Crippen LogP contribution in [0.3, 0.4) is 0 Å². The molecule has 0 aromatic rings. The Labute approximate surface area is 128 Å². The number of carbonyl (C=O) groups is 1. The van der Waals surface area contributed by atoms with Gasteiger partial charge in [-0.05, 0) is 67.6 Å². The Morgan fingerprint density at radius 1 is 1.10 bits per heavy atom. The van der Waals surface area contributed by atoms with E-state index >= 15 is 0 Å². The number of hydrogen-bond donors (Lipinski definition) is 1. The van der Waals surface area contributed by atoms with Crippen molar-refractivity contribution >= 4 is 5.78 Å². The van der Waals surface area contributed by atoms with Gasteiger partial charge in [-0.15, -0.1) is 0 Å². The highest BCUT2D eigenvalue weighted by atomic mass is 16.3. The summed E-state index contributed by atoms with van der Waals surface area (Å²) in [5.41, 5.74) is 0.131. The fraction of sp³-hybridized carbons (Fsp3) is 0.947. The van der Waals surface area contributed by atoms with Crippen molar-refractivity contribution in [1.82, 2.24) is 0 Å². The molecule has 0 saturated heterocycles. The molecule has 4 aliphatic carbocycles. The van der Waals surface area contributed by atoms with Gasteiger partial charge in [0.2, 0.25) is 0 Å². The zero-order chi connectivity index (χ0) is 14.8. The minimum absolute atomic E-state index is 0.210. The first-order valence-corrected chi connectivity index (χ1v) is 9.18. The molecule has 0 heterocycles. The summed E-state index contributed by atoms with van der Waals surface area (Å²) in [5.74, 6) is 2.87. The van der Waals surface area contributed by atoms with Crippen LogP contribution in [0.4, 0.5) is 0 Å². The van der Waals surface area contributed by atoms with E-state index in [1.165, 1.54) is 38.5 Å². The van der Waals surface area contributed by atoms with Gasteiger partial charge in [-0.1, -0.05) is 26.7 Å². The van der Waals surface area contributed by atoms with E-state index in [1.54, 1.807) is 0 Å². The Kier molecular flexibility index (Phi) is 3.10. The number of aliphatic hydroxyl groups excluding tert-OH is 1. The second-order valence-electron chi connectivity index (χ2n) is 8.97. The van der Waals surface area contributed by atoms with E-state index in [0.717, 1.165) is 25.2 Å². The van der Waals surface area contributed by atoms with Gasteiger partial charge in [-0.25, -0.2) is 0 Å². The molecule has 0 aliphatic heterocycles. The monoisotopic (exact) mass is 290 g/mol. The first kappa shape index (κ1) is 14.2. The molecular formula is C19H30O2. The summed E-state index contributed by atoms with van der Waals surface area (Å²) in [5, 5.41) is 11.0. The molecule has 4 fully saturated rings. The molecule has 0 unspecified atom stereocenters. The third kappa shape index (κ3) is 1.77. The Hall–Kier alpha value is -0.370. The van der Waals surface area contributed by atoms with Crippen molar-refractivity contribution in [2.75, 3.05) is 0 Å². The summed E-state index contributed by atoms with van der Waals surface area (Å²) < 4.78 is 0. The van der Waals surface area contributed by atoms with Gasteiger partial charge < -0.3 is 5.11 Å². The topological polar surface area (TPSA) is 37.3 Å². The quantitative estimate of drug-likeness (QED) is 0.733. The molecular weight excluding hydrogens is 260 g/mol. The average molecular weight is 290 g/mol. The fourth-order valence-corrected chi connectivity index (χ4v) is 7.19. The first-order valence-electron chi connectivity index (χ1n) is 9.18. The standard InChI is InChI=1S/C19H30O2/c1-18-10-4-3-5-12(18)6-7-13-14-8-9-16(21)19(14,2)11-15(20)17(13)18/h12-15,17,20H,3-11H2,1-2H3/t12-,13+,14+,15-,17-,18+,19+/m1/s1. The van der Waals surface area contributed by atoms with Gasteiger partial charge in [0.05, 0.1) is 6.10 Å². The van der Waals surface area contributed by atoms with Gasteiger partial charge in [0, 0.05) is 11.8 Å². The second-order valence-corrected chi connectivity index (χ2v) is 8.97. The number of fused-ring (bicyclic) bond motifs is 5. The normalized spacial score (nSPS) is 56.5. The Morgan fingerprint density at radius 3 is 2.71 bits per heavy atom. The molecule has 1 N–H and O–H groups in total. The van der Waals surface area contributed by atoms with Crippen molar-refractivity contribution < 1.29 is 9.90 Å². The highest BCUT2D eigenvalue weighted by Crippen LogP contribution is 2.65. The van der Waals surface area contributed by atoms with Crippen molar-refractivity contribution in [3.63, 3.8) is 0 Å². The molecule has 21 heavy (non-hydrogen) atoms. The maximum Gasteiger partial charge on any atom is 0.139 e. The number of aliphatic hydroxyl groups is 1. The van der Waals surface area contributed by atoms with E-state index in [4.69, 9.17) is 0 Å². The second kappa shape index (κ2) is 4.57. The summed E-state index contributed by atoms with van der Waals surface area (Å²) in [4.78, 5) is 12.4. The van der Waals surface area contributed by atoms with Gasteiger partial charge in [0.25, 0.3) is 0 Å². The van der Waals surface area contributed by atoms with Crippen molar-refractivity contribution in [3.8, 4) is 0 Å². The molecule has 118 valence electrons. The molecule has 0 aromatic heterocycles. The van der Waals surface area contributed by atoms with Crippen molar-refractivity contribution in [2.24, 2.45) is 34.5 Å². The molecule has 0 radical (unpaired) electrons. The van der Waals surface area contributed by atoms with Crippen LogP contribution >= 0.6 is 0 Å². The molecule has 4 aliphatic rings. The van der Waals surface area contributed by atoms with Crippen LogP contribution in [0.2, 0.25) is 0 Å². The molecule has 2 heteroatoms. The highest BCUT2D eigenvalue weighted by molar-refractivity contribution is 5.87. The smallest absolute Gasteiger partial charge is 0.139 e. The van der Waals surface area contributed by atoms with Gasteiger partial charge in [0.1, 0.15) is 5.78 Å². The van der Waals surface area contributed by atoms with Crippen LogP contribution in [0.5, 0.6) is 0 Å². The number of rotatable bonds is 0. The average Bonchev–Trinajstić information content (AvgIpc) is 2.73. The van der Waals surface area contributed by atoms with Crippen LogP contribution < -0.4 is 0 Å². The zero-order valence-electron chi connectivity index (χ0n) is 13.6. The Balaban J connectivity index is 1.71. The van der Waals surface area contributed by atoms with Crippen molar-refractivity contribution in [1.29, 1.82) is 0 Å². The third-order valence-electron chi connectivity index (χ3n) is 8.22. The fourth-order valence-electron chi connectivity index (χ4n) is 7.19. The van der Waals surface area contributed by atoms with Crippen LogP contribution in [0.15, 0.2) is 0 Å². The Bertz CT molecular complexity index is 458. The minimum atomic E-state index is -0.246. The molecule has 0 spiro atoms. The lowest BCUT2D eigenvalue weighted by Crippen LogP contribution is -2.58. The van der Waals surface area contributed by atoms with Crippen LogP contribution in [-0.4, -0.2) is 17.0 Å². The molecule has 7 atom stereocenters. The van der Waals surface area contributed by atoms with Crippen molar-refractivity contribution in [3.05, 3.63) is 0 Å². The largest absolute Gasteiger partial charge is 0.393 e. The van der Waals surface area contributed by atoms with Gasteiger partial charge >= 0.3 is 0 Å². The van der Waals surface area contributed by atoms with Crippen LogP contribution in [0.25, 0.3) is 0 Å². The lowest BCUT2D eigenvalue weighted by atomic mass is 9.44. The molecule has 0 aromatic carbocycles. The van der Waals surface area contributed by atoms with Crippen molar-refractivity contribution in [2.45, 2.75) is 77.7 Å². The van der Waals surface area contributed by atoms with E-state index in [2.05, 4.69) is 13.8 Å². The maximum atomic E-state index is 12.4. The van der Waals surface area contributed by atoms with Gasteiger partial charge in [-0.2, -0.15) is 0 Å². The van der Waals surface area contributed by atoms with E-state index in [-0.39, 0.29) is 11.5 Å². The molecule has 4 saturated carbocycles. The van der Waals surface area contributed by atoms with E-state index in [9.17, 15) is 9.90 Å². The third-order valence-corrected chi connectivity index (χ3v) is 8.22. The molecule has 4 rings (SSSR count). The van der Waals surface area contributed by atoms with Crippen LogP contribution in [-0.2, 0) is 4.79 Å². The highest BCUT2D eigenvalue weighted by Gasteiger charge is 2.62. The van der Waals surface area contributed by atoms with E-state index < -0.39 is 0 Å². The first-order chi connectivity index (χ1) is 9.97. The summed E-state index contributed by atoms with van der Waals surface area (Å²) >= 11 is 0. The van der Waals surface area contributed by atoms with E-state index in [1.807, 2.05) is 0 Å². The predicted octanol–water partition coefficient (Wildman–Crippen LogP) is 3.96. The minimum Gasteiger partial charge on any atom is -0.393 e. The van der Waals surface area contributed by atoms with Gasteiger partial charge in [0.15, 0.2) is 0 Å². The molecule has 2 nitrogen and oxygen atoms in total. The summed E-state index contributed by atoms with van der Waals surface area (Å²) in [7, 11) is 0. The zero-order valence-corrected chi connectivity index (χ0v) is 13.6. The summed E-state index contributed by atoms with van der Waals surface area (Å²) in [6.07, 6.45) is 10.3. The SMILES string of the molecule is C[C@]12CCCC[C@@H]1CC[C@@H]1[C@@H]2[C@H](O)C[C@]2(C)C(=O)CC[C@@H]12. The van der Waals surface area contributed by atoms with Crippen LogP contribution in [0, 0.1) is 34.5 Å². The lowest BCUT2D eigenvalue weighted by molar-refractivity contribution is -0.168. The summed E-state index contributed by atoms with van der Waals surface area (Å²) in [6, 6.07) is 0. The van der Waals surface area contributed by atoms with Crippen LogP contribution in [0.1, 0.15) is 71.6 Å².